The van der Waals surface area contributed by atoms with Crippen LogP contribution in [0.3, 0.4) is 0 Å². The Bertz CT molecular complexity index is 1040. The van der Waals surface area contributed by atoms with Crippen LogP contribution in [-0.4, -0.2) is 16.1 Å². The fourth-order valence-electron chi connectivity index (χ4n) is 8.13. The van der Waals surface area contributed by atoms with E-state index < -0.39 is 30.1 Å². The summed E-state index contributed by atoms with van der Waals surface area (Å²) in [6.45, 7) is 9.74. The predicted molar refractivity (Wildman–Crippen MR) is 155 cm³/mol. The van der Waals surface area contributed by atoms with E-state index in [0.717, 1.165) is 23.7 Å². The molecule has 3 heteroatoms. The molecular formula is C33H46GeNZr. The van der Waals surface area contributed by atoms with E-state index in [-0.39, 0.29) is 0 Å². The number of hydrogen-bond acceptors (Lipinski definition) is 1. The van der Waals surface area contributed by atoms with Crippen LogP contribution in [0.5, 0.6) is 0 Å². The minimum atomic E-state index is -1.63. The van der Waals surface area contributed by atoms with Crippen molar-refractivity contribution in [2.75, 3.05) is 0 Å². The molecule has 1 atom stereocenters. The van der Waals surface area contributed by atoms with Crippen LogP contribution >= 0.6 is 0 Å². The van der Waals surface area contributed by atoms with E-state index in [2.05, 4.69) is 91.0 Å². The number of benzene rings is 2. The molecule has 4 fully saturated rings. The summed E-state index contributed by atoms with van der Waals surface area (Å²) < 4.78 is 6.58. The second kappa shape index (κ2) is 11.2. The quantitative estimate of drug-likeness (QED) is 0.330. The Hall–Kier alpha value is -0.694. The summed E-state index contributed by atoms with van der Waals surface area (Å²) in [5.41, 5.74) is 8.17. The first-order valence-electron chi connectivity index (χ1n) is 14.4. The van der Waals surface area contributed by atoms with E-state index in [1.807, 2.05) is 15.4 Å². The average molecular weight is 621 g/mol. The van der Waals surface area contributed by atoms with Crippen molar-refractivity contribution in [1.82, 2.24) is 3.26 Å². The van der Waals surface area contributed by atoms with Gasteiger partial charge in [-0.25, -0.2) is 0 Å². The van der Waals surface area contributed by atoms with E-state index in [1.165, 1.54) is 30.4 Å². The van der Waals surface area contributed by atoms with Gasteiger partial charge in [0, 0.05) is 0 Å². The molecule has 4 saturated carbocycles. The van der Waals surface area contributed by atoms with E-state index in [4.69, 9.17) is 0 Å². The summed E-state index contributed by atoms with van der Waals surface area (Å²) in [6.07, 6.45) is 9.31. The van der Waals surface area contributed by atoms with Crippen molar-refractivity contribution in [3.63, 3.8) is 0 Å². The van der Waals surface area contributed by atoms with E-state index in [0.29, 0.717) is 5.54 Å². The Morgan fingerprint density at radius 1 is 0.722 bits per heavy atom. The van der Waals surface area contributed by atoms with Crippen LogP contribution in [-0.2, 0) is 19.5 Å². The van der Waals surface area contributed by atoms with Crippen molar-refractivity contribution in [2.24, 2.45) is 23.7 Å². The SMILES string of the molecule is CC1=C(C)C(C)[C]([Zr]([NH]C23CC4CC(CC(C4)C2)C3)[GeH]([CH3])[CH3])=C1C.c1ccc(-c2ccccc2)cc1. The van der Waals surface area contributed by atoms with Gasteiger partial charge >= 0.3 is 160 Å². The summed E-state index contributed by atoms with van der Waals surface area (Å²) in [4.78, 5) is 0. The molecule has 2 aromatic rings. The molecule has 5 aliphatic rings. The molecule has 0 radical (unpaired) electrons. The van der Waals surface area contributed by atoms with Gasteiger partial charge in [-0.1, -0.05) is 60.7 Å². The zero-order chi connectivity index (χ0) is 25.4. The second-order valence-electron chi connectivity index (χ2n) is 12.7. The van der Waals surface area contributed by atoms with Gasteiger partial charge < -0.3 is 0 Å². The molecule has 0 spiro atoms. The van der Waals surface area contributed by atoms with Gasteiger partial charge in [0.1, 0.15) is 0 Å². The smallest absolute Gasteiger partial charge is 0.0184 e. The number of rotatable bonds is 5. The van der Waals surface area contributed by atoms with Gasteiger partial charge in [0.25, 0.3) is 0 Å². The largest absolute Gasteiger partial charge is 0.0622 e. The first kappa shape index (κ1) is 26.9. The minimum Gasteiger partial charge on any atom is -0.0622 e. The van der Waals surface area contributed by atoms with Gasteiger partial charge in [0.2, 0.25) is 0 Å². The summed E-state index contributed by atoms with van der Waals surface area (Å²) in [5, 5.41) is 0. The molecule has 0 heterocycles. The van der Waals surface area contributed by atoms with Gasteiger partial charge in [0.05, 0.1) is 0 Å². The normalized spacial score (nSPS) is 30.6. The third-order valence-electron chi connectivity index (χ3n) is 9.83. The fraction of sp³-hybridized carbons (Fsp3) is 0.515. The molecule has 4 bridgehead atoms. The molecule has 0 aliphatic heterocycles. The maximum absolute atomic E-state index is 4.60. The van der Waals surface area contributed by atoms with Crippen LogP contribution in [0, 0.1) is 23.7 Å². The van der Waals surface area contributed by atoms with Crippen molar-refractivity contribution in [3.05, 3.63) is 80.7 Å². The molecule has 191 valence electrons. The standard InChI is InChI=1S/C12H10.C10H16N.C9H13.C2H7Ge.Zr/c1-3-7-11(8-4-1)12-9-5-2-6-10-12;11-10-4-7-1-8(5-10)3-9(2-7)6-10;1-6-5-7(2)9(4)8(6)3;1-3-2;/h1-10H;7-9,11H,1-6H2;6H,1-4H3;3H,1-2H3;/q;-1;;;+1. The van der Waals surface area contributed by atoms with Gasteiger partial charge in [-0.05, 0) is 11.1 Å². The minimum absolute atomic E-state index is 0.594. The predicted octanol–water partition coefficient (Wildman–Crippen LogP) is 8.68. The molecule has 5 aliphatic carbocycles. The van der Waals surface area contributed by atoms with Crippen LogP contribution in [0.1, 0.15) is 66.2 Å². The molecule has 36 heavy (non-hydrogen) atoms. The van der Waals surface area contributed by atoms with Crippen LogP contribution < -0.4 is 3.26 Å². The Labute approximate surface area is 230 Å². The number of hydrogen-bond donors (Lipinski definition) is 1. The van der Waals surface area contributed by atoms with Gasteiger partial charge in [-0.3, -0.25) is 0 Å². The van der Waals surface area contributed by atoms with Crippen LogP contribution in [0.4, 0.5) is 0 Å². The van der Waals surface area contributed by atoms with Crippen molar-refractivity contribution < 1.29 is 19.5 Å². The molecule has 1 N–H and O–H groups in total. The Balaban J connectivity index is 0.000000186. The summed E-state index contributed by atoms with van der Waals surface area (Å²) in [7, 11) is -1.11. The molecule has 7 rings (SSSR count). The summed E-state index contributed by atoms with van der Waals surface area (Å²) >= 11 is -1.63. The topological polar surface area (TPSA) is 12.0 Å². The Morgan fingerprint density at radius 3 is 1.53 bits per heavy atom. The molecule has 2 aromatic carbocycles. The molecular weight excluding hydrogens is 574 g/mol. The van der Waals surface area contributed by atoms with Gasteiger partial charge in [-0.2, -0.15) is 0 Å². The summed E-state index contributed by atoms with van der Waals surface area (Å²) in [5.74, 6) is 9.38. The monoisotopic (exact) mass is 620 g/mol. The van der Waals surface area contributed by atoms with Crippen molar-refractivity contribution >= 4 is 10.6 Å². The first-order chi connectivity index (χ1) is 17.3. The molecule has 0 amide bonds. The van der Waals surface area contributed by atoms with Crippen LogP contribution in [0.2, 0.25) is 11.5 Å². The third-order valence-corrected chi connectivity index (χ3v) is 38.0. The van der Waals surface area contributed by atoms with Crippen molar-refractivity contribution in [1.29, 1.82) is 0 Å². The van der Waals surface area contributed by atoms with Crippen molar-refractivity contribution in [3.8, 4) is 11.1 Å². The van der Waals surface area contributed by atoms with Crippen molar-refractivity contribution in [2.45, 2.75) is 83.3 Å². The maximum atomic E-state index is 4.60. The van der Waals surface area contributed by atoms with Crippen LogP contribution in [0.15, 0.2) is 80.7 Å². The number of allylic oxidation sites excluding steroid dienone is 4. The molecule has 1 unspecified atom stereocenters. The van der Waals surface area contributed by atoms with E-state index in [1.54, 1.807) is 36.0 Å². The van der Waals surface area contributed by atoms with Crippen LogP contribution in [0.25, 0.3) is 11.1 Å². The first-order valence-corrected chi connectivity index (χ1v) is 30.3. The number of nitrogens with one attached hydrogen (secondary N) is 1. The zero-order valence-electron chi connectivity index (χ0n) is 23.4. The third kappa shape index (κ3) is 5.53. The molecule has 1 nitrogen and oxygen atoms in total. The molecule has 0 saturated heterocycles. The average Bonchev–Trinajstić information content (AvgIpc) is 3.05. The molecule has 0 aromatic heterocycles. The van der Waals surface area contributed by atoms with Gasteiger partial charge in [0.15, 0.2) is 0 Å². The summed E-state index contributed by atoms with van der Waals surface area (Å²) in [6, 6.07) is 20.8. The van der Waals surface area contributed by atoms with Gasteiger partial charge in [-0.15, -0.1) is 0 Å². The Kier molecular flexibility index (Phi) is 8.36. The Morgan fingerprint density at radius 2 is 1.17 bits per heavy atom. The zero-order valence-corrected chi connectivity index (χ0v) is 28.3. The maximum Gasteiger partial charge on any atom is -0.0184 e. The fourth-order valence-corrected chi connectivity index (χ4v) is 36.9. The van der Waals surface area contributed by atoms with E-state index >= 15 is 0 Å². The second-order valence-corrected chi connectivity index (χ2v) is 43.4. The van der Waals surface area contributed by atoms with E-state index in [9.17, 15) is 0 Å².